The molecule has 2 aliphatic rings. The SMILES string of the molecule is C=S(CC)c1csc(-c2cc3cnc(Nc4ccc(OC5CCCNC5)cc4)nc3n(C3CCCC3)c2=O)c1. The zero-order chi connectivity index (χ0) is 26.8. The molecule has 39 heavy (non-hydrogen) atoms. The monoisotopic (exact) mass is 561 g/mol. The first kappa shape index (κ1) is 26.2. The highest BCUT2D eigenvalue weighted by atomic mass is 32.2. The Hall–Kier alpha value is -3.01. The van der Waals surface area contributed by atoms with Gasteiger partial charge in [-0.15, -0.1) is 11.3 Å². The fraction of sp³-hybridized carbons (Fsp3) is 0.400. The third-order valence-electron chi connectivity index (χ3n) is 7.65. The van der Waals surface area contributed by atoms with Crippen molar-refractivity contribution in [3.8, 4) is 16.2 Å². The Balaban J connectivity index is 1.31. The van der Waals surface area contributed by atoms with Gasteiger partial charge in [-0.25, -0.2) is 4.98 Å². The molecule has 1 aromatic carbocycles. The molecular weight excluding hydrogens is 526 g/mol. The van der Waals surface area contributed by atoms with E-state index in [-0.39, 0.29) is 28.2 Å². The maximum absolute atomic E-state index is 13.9. The lowest BCUT2D eigenvalue weighted by Gasteiger charge is -2.24. The van der Waals surface area contributed by atoms with E-state index >= 15 is 0 Å². The molecule has 1 saturated carbocycles. The van der Waals surface area contributed by atoms with Crippen LogP contribution in [0.15, 0.2) is 57.7 Å². The summed E-state index contributed by atoms with van der Waals surface area (Å²) < 4.78 is 8.04. The number of benzene rings is 1. The minimum absolute atomic E-state index is 0.0339. The molecule has 7 nitrogen and oxygen atoms in total. The number of pyridine rings is 1. The van der Waals surface area contributed by atoms with Crippen LogP contribution in [0.3, 0.4) is 0 Å². The summed E-state index contributed by atoms with van der Waals surface area (Å²) in [4.78, 5) is 25.6. The standard InChI is InChI=1S/C30H35N5O2S2/c1-3-39(2)25-16-27(38-19-25)26-15-20-17-32-30(34-28(20)35(29(26)36)22-7-4-5-8-22)33-21-10-12-23(13-11-21)37-24-9-6-14-31-18-24/h10-13,15-17,19,22,24,31H,2-9,14,18H2,1H3,(H,32,33,34). The van der Waals surface area contributed by atoms with E-state index in [0.29, 0.717) is 11.6 Å². The molecule has 2 atom stereocenters. The Morgan fingerprint density at radius 2 is 2.00 bits per heavy atom. The smallest absolute Gasteiger partial charge is 0.261 e. The Morgan fingerprint density at radius 1 is 1.18 bits per heavy atom. The second-order valence-corrected chi connectivity index (χ2v) is 13.3. The van der Waals surface area contributed by atoms with E-state index in [0.717, 1.165) is 84.6 Å². The van der Waals surface area contributed by atoms with Gasteiger partial charge in [0.25, 0.3) is 5.56 Å². The average Bonchev–Trinajstić information content (AvgIpc) is 3.67. The molecule has 9 heteroatoms. The van der Waals surface area contributed by atoms with Crippen molar-refractivity contribution in [1.82, 2.24) is 19.9 Å². The van der Waals surface area contributed by atoms with Crippen LogP contribution in [0, 0.1) is 0 Å². The summed E-state index contributed by atoms with van der Waals surface area (Å²) in [6.45, 7) is 4.10. The van der Waals surface area contributed by atoms with Crippen molar-refractivity contribution in [3.63, 3.8) is 0 Å². The van der Waals surface area contributed by atoms with Gasteiger partial charge >= 0.3 is 0 Å². The van der Waals surface area contributed by atoms with E-state index in [1.807, 2.05) is 41.1 Å². The summed E-state index contributed by atoms with van der Waals surface area (Å²) in [6.07, 6.45) is 8.52. The lowest BCUT2D eigenvalue weighted by molar-refractivity contribution is 0.167. The first-order valence-corrected chi connectivity index (χ1v) is 16.3. The Bertz CT molecular complexity index is 1530. The van der Waals surface area contributed by atoms with Crippen LogP contribution in [-0.2, 0) is 0 Å². The van der Waals surface area contributed by atoms with Crippen LogP contribution in [0.2, 0.25) is 0 Å². The summed E-state index contributed by atoms with van der Waals surface area (Å²) in [5, 5.41) is 9.73. The summed E-state index contributed by atoms with van der Waals surface area (Å²) in [5.74, 6) is 6.61. The second kappa shape index (κ2) is 11.6. The normalized spacial score (nSPS) is 18.8. The van der Waals surface area contributed by atoms with E-state index in [1.165, 1.54) is 4.90 Å². The number of hydrogen-bond donors (Lipinski definition) is 2. The molecule has 0 amide bonds. The lowest BCUT2D eigenvalue weighted by Crippen LogP contribution is -2.37. The van der Waals surface area contributed by atoms with Gasteiger partial charge in [-0.05, 0) is 74.4 Å². The van der Waals surface area contributed by atoms with Gasteiger partial charge < -0.3 is 15.4 Å². The highest BCUT2D eigenvalue weighted by Gasteiger charge is 2.24. The molecule has 1 aliphatic heterocycles. The Morgan fingerprint density at radius 3 is 2.74 bits per heavy atom. The topological polar surface area (TPSA) is 81.1 Å². The maximum Gasteiger partial charge on any atom is 0.261 e. The van der Waals surface area contributed by atoms with E-state index < -0.39 is 0 Å². The number of aromatic nitrogens is 3. The summed E-state index contributed by atoms with van der Waals surface area (Å²) in [7, 11) is -0.0529. The first-order chi connectivity index (χ1) is 19.1. The molecule has 2 N–H and O–H groups in total. The van der Waals surface area contributed by atoms with Crippen LogP contribution in [0.5, 0.6) is 5.75 Å². The summed E-state index contributed by atoms with van der Waals surface area (Å²) in [6, 6.07) is 12.2. The number of nitrogens with zero attached hydrogens (tertiary/aromatic N) is 3. The van der Waals surface area contributed by atoms with Gasteiger partial charge in [0.2, 0.25) is 5.95 Å². The number of nitrogens with one attached hydrogen (secondary N) is 2. The minimum Gasteiger partial charge on any atom is -0.489 e. The van der Waals surface area contributed by atoms with Gasteiger partial charge in [0.15, 0.2) is 0 Å². The van der Waals surface area contributed by atoms with Gasteiger partial charge in [0, 0.05) is 45.0 Å². The Labute approximate surface area is 235 Å². The van der Waals surface area contributed by atoms with E-state index in [4.69, 9.17) is 9.72 Å². The number of piperidine rings is 1. The van der Waals surface area contributed by atoms with E-state index in [9.17, 15) is 4.79 Å². The fourth-order valence-corrected chi connectivity index (χ4v) is 7.66. The third-order valence-corrected chi connectivity index (χ3v) is 10.4. The van der Waals surface area contributed by atoms with Crippen molar-refractivity contribution < 1.29 is 4.74 Å². The van der Waals surface area contributed by atoms with Crippen molar-refractivity contribution in [2.45, 2.75) is 62.5 Å². The highest BCUT2D eigenvalue weighted by Crippen LogP contribution is 2.36. The van der Waals surface area contributed by atoms with Crippen LogP contribution in [0.25, 0.3) is 21.5 Å². The molecule has 4 aromatic rings. The molecule has 1 aliphatic carbocycles. The zero-order valence-electron chi connectivity index (χ0n) is 22.3. The molecule has 2 unspecified atom stereocenters. The number of thiophene rings is 1. The van der Waals surface area contributed by atoms with E-state index in [1.54, 1.807) is 11.3 Å². The molecule has 204 valence electrons. The number of ether oxygens (including phenoxy) is 1. The highest BCUT2D eigenvalue weighted by molar-refractivity contribution is 8.14. The van der Waals surface area contributed by atoms with Gasteiger partial charge in [-0.1, -0.05) is 25.6 Å². The molecule has 0 spiro atoms. The number of rotatable bonds is 8. The largest absolute Gasteiger partial charge is 0.489 e. The van der Waals surface area contributed by atoms with Crippen LogP contribution >= 0.6 is 21.8 Å². The molecule has 6 rings (SSSR count). The second-order valence-electron chi connectivity index (χ2n) is 10.3. The van der Waals surface area contributed by atoms with Crippen LogP contribution in [0.4, 0.5) is 11.6 Å². The van der Waals surface area contributed by atoms with Gasteiger partial charge in [0.05, 0.1) is 5.56 Å². The van der Waals surface area contributed by atoms with Gasteiger partial charge in [0.1, 0.15) is 17.5 Å². The lowest BCUT2D eigenvalue weighted by atomic mass is 10.1. The molecule has 4 heterocycles. The van der Waals surface area contributed by atoms with Gasteiger partial charge in [-0.3, -0.25) is 9.36 Å². The summed E-state index contributed by atoms with van der Waals surface area (Å²) in [5.41, 5.74) is 2.33. The minimum atomic E-state index is -0.0529. The summed E-state index contributed by atoms with van der Waals surface area (Å²) >= 11 is 1.62. The maximum atomic E-state index is 13.9. The number of anilines is 2. The molecule has 1 saturated heterocycles. The number of hydrogen-bond acceptors (Lipinski definition) is 7. The fourth-order valence-electron chi connectivity index (χ4n) is 5.49. The zero-order valence-corrected chi connectivity index (χ0v) is 24.0. The van der Waals surface area contributed by atoms with Gasteiger partial charge in [-0.2, -0.15) is 15.5 Å². The molecule has 3 aromatic heterocycles. The molecule has 0 radical (unpaired) electrons. The Kier molecular flexibility index (Phi) is 7.81. The van der Waals surface area contributed by atoms with E-state index in [2.05, 4.69) is 39.9 Å². The van der Waals surface area contributed by atoms with Crippen molar-refractivity contribution in [2.75, 3.05) is 24.2 Å². The van der Waals surface area contributed by atoms with Crippen molar-refractivity contribution in [1.29, 1.82) is 0 Å². The molecular formula is C30H35N5O2S2. The quantitative estimate of drug-likeness (QED) is 0.236. The predicted octanol–water partition coefficient (Wildman–Crippen LogP) is 6.59. The third kappa shape index (κ3) is 5.66. The molecule has 0 bridgehead atoms. The van der Waals surface area contributed by atoms with Crippen LogP contribution in [0.1, 0.15) is 51.5 Å². The average molecular weight is 562 g/mol. The van der Waals surface area contributed by atoms with Crippen molar-refractivity contribution in [3.05, 3.63) is 58.3 Å². The van der Waals surface area contributed by atoms with Crippen molar-refractivity contribution in [2.24, 2.45) is 0 Å². The van der Waals surface area contributed by atoms with Crippen LogP contribution in [-0.4, -0.2) is 45.4 Å². The van der Waals surface area contributed by atoms with Crippen LogP contribution < -0.4 is 20.9 Å². The number of fused-ring (bicyclic) bond motifs is 1. The predicted molar refractivity (Wildman–Crippen MR) is 164 cm³/mol. The molecule has 2 fully saturated rings. The van der Waals surface area contributed by atoms with Crippen molar-refractivity contribution >= 4 is 50.4 Å². The first-order valence-electron chi connectivity index (χ1n) is 13.9.